The smallest absolute Gasteiger partial charge is 0.330 e. The average molecular weight is 511 g/mol. The summed E-state index contributed by atoms with van der Waals surface area (Å²) < 4.78 is 45.3. The number of nitrogens with zero attached hydrogens (tertiary/aromatic N) is 1. The highest BCUT2D eigenvalue weighted by Crippen LogP contribution is 2.38. The SMILES string of the molecule is Cc1ccc(S(=O)(=O)O[C@H]2C[C@H](n3cc(C)c(=O)[nH]c3=O)O[C@@H]2CO[Si](C)(C)C(C)(C)C)cc1. The highest BCUT2D eigenvalue weighted by molar-refractivity contribution is 7.86. The van der Waals surface area contributed by atoms with E-state index in [1.54, 1.807) is 19.1 Å². The predicted molar refractivity (Wildman–Crippen MR) is 131 cm³/mol. The Kier molecular flexibility index (Phi) is 7.45. The van der Waals surface area contributed by atoms with Gasteiger partial charge in [-0.3, -0.25) is 18.5 Å². The van der Waals surface area contributed by atoms with E-state index in [1.807, 2.05) is 6.92 Å². The first-order chi connectivity index (χ1) is 15.6. The fraction of sp³-hybridized carbons (Fsp3) is 0.565. The minimum absolute atomic E-state index is 0.0441. The van der Waals surface area contributed by atoms with Crippen molar-refractivity contribution in [2.75, 3.05) is 6.61 Å². The van der Waals surface area contributed by atoms with Gasteiger partial charge in [-0.2, -0.15) is 8.42 Å². The zero-order valence-electron chi connectivity index (χ0n) is 20.7. The number of ether oxygens (including phenoxy) is 1. The average Bonchev–Trinajstić information content (AvgIpc) is 3.10. The van der Waals surface area contributed by atoms with E-state index in [1.165, 1.54) is 22.9 Å². The van der Waals surface area contributed by atoms with Crippen LogP contribution in [0.2, 0.25) is 18.1 Å². The Labute approximate surface area is 201 Å². The van der Waals surface area contributed by atoms with E-state index in [0.717, 1.165) is 5.56 Å². The van der Waals surface area contributed by atoms with Crippen molar-refractivity contribution < 1.29 is 21.8 Å². The van der Waals surface area contributed by atoms with Crippen molar-refractivity contribution in [1.29, 1.82) is 0 Å². The van der Waals surface area contributed by atoms with Crippen molar-refractivity contribution >= 4 is 18.4 Å². The van der Waals surface area contributed by atoms with E-state index in [2.05, 4.69) is 38.8 Å². The van der Waals surface area contributed by atoms with Gasteiger partial charge in [0.1, 0.15) is 18.4 Å². The molecule has 1 saturated heterocycles. The molecule has 0 bridgehead atoms. The molecule has 0 spiro atoms. The van der Waals surface area contributed by atoms with Crippen LogP contribution in [0.1, 0.15) is 44.5 Å². The van der Waals surface area contributed by atoms with Gasteiger partial charge in [-0.05, 0) is 44.1 Å². The Morgan fingerprint density at radius 2 is 1.76 bits per heavy atom. The van der Waals surface area contributed by atoms with Crippen molar-refractivity contribution in [3.8, 4) is 0 Å². The molecule has 1 aromatic carbocycles. The monoisotopic (exact) mass is 510 g/mol. The molecule has 2 aromatic rings. The number of aryl methyl sites for hydroxylation is 2. The minimum Gasteiger partial charge on any atom is -0.414 e. The molecule has 3 rings (SSSR count). The van der Waals surface area contributed by atoms with Gasteiger partial charge in [-0.25, -0.2) is 4.79 Å². The number of hydrogen-bond donors (Lipinski definition) is 1. The fourth-order valence-corrected chi connectivity index (χ4v) is 5.48. The first kappa shape index (κ1) is 26.5. The summed E-state index contributed by atoms with van der Waals surface area (Å²) in [4.78, 5) is 26.5. The maximum Gasteiger partial charge on any atom is 0.330 e. The van der Waals surface area contributed by atoms with Crippen molar-refractivity contribution in [3.05, 3.63) is 62.4 Å². The molecule has 0 aliphatic carbocycles. The van der Waals surface area contributed by atoms with Crippen LogP contribution < -0.4 is 11.2 Å². The lowest BCUT2D eigenvalue weighted by atomic mass is 10.2. The molecule has 1 aromatic heterocycles. The molecule has 188 valence electrons. The lowest BCUT2D eigenvalue weighted by molar-refractivity contribution is -0.0388. The molecule has 3 atom stereocenters. The molecule has 34 heavy (non-hydrogen) atoms. The third kappa shape index (κ3) is 5.77. The second-order valence-electron chi connectivity index (χ2n) is 10.3. The van der Waals surface area contributed by atoms with Gasteiger partial charge in [-0.15, -0.1) is 0 Å². The topological polar surface area (TPSA) is 117 Å². The van der Waals surface area contributed by atoms with Crippen LogP contribution in [0.25, 0.3) is 0 Å². The number of aromatic nitrogens is 2. The van der Waals surface area contributed by atoms with Gasteiger partial charge >= 0.3 is 5.69 Å². The van der Waals surface area contributed by atoms with E-state index < -0.39 is 48.1 Å². The van der Waals surface area contributed by atoms with Crippen molar-refractivity contribution in [2.24, 2.45) is 0 Å². The largest absolute Gasteiger partial charge is 0.414 e. The van der Waals surface area contributed by atoms with Crippen LogP contribution in [0.15, 0.2) is 44.9 Å². The number of benzene rings is 1. The van der Waals surface area contributed by atoms with E-state index in [-0.39, 0.29) is 23.0 Å². The van der Waals surface area contributed by atoms with Gasteiger partial charge in [0.2, 0.25) is 0 Å². The Bertz CT molecular complexity index is 1240. The summed E-state index contributed by atoms with van der Waals surface area (Å²) in [5.74, 6) is 0. The molecule has 11 heteroatoms. The molecular formula is C23H34N2O7SSi. The maximum atomic E-state index is 13.0. The van der Waals surface area contributed by atoms with Crippen LogP contribution in [0.5, 0.6) is 0 Å². The summed E-state index contributed by atoms with van der Waals surface area (Å²) in [7, 11) is -6.24. The third-order valence-corrected chi connectivity index (χ3v) is 12.5. The second kappa shape index (κ2) is 9.54. The lowest BCUT2D eigenvalue weighted by Crippen LogP contribution is -2.44. The van der Waals surface area contributed by atoms with Crippen LogP contribution >= 0.6 is 0 Å². The first-order valence-corrected chi connectivity index (χ1v) is 15.5. The lowest BCUT2D eigenvalue weighted by Gasteiger charge is -2.37. The van der Waals surface area contributed by atoms with Crippen molar-refractivity contribution in [3.63, 3.8) is 0 Å². The molecule has 1 N–H and O–H groups in total. The molecule has 0 saturated carbocycles. The molecule has 1 fully saturated rings. The Morgan fingerprint density at radius 1 is 1.15 bits per heavy atom. The number of rotatable bonds is 7. The molecule has 1 aliphatic heterocycles. The Hall–Kier alpha value is -2.05. The van der Waals surface area contributed by atoms with Crippen LogP contribution in [0.4, 0.5) is 0 Å². The molecular weight excluding hydrogens is 476 g/mol. The van der Waals surface area contributed by atoms with Gasteiger partial charge in [0, 0.05) is 18.2 Å². The number of aromatic amines is 1. The normalized spacial score (nSPS) is 21.7. The number of nitrogens with one attached hydrogen (secondary N) is 1. The summed E-state index contributed by atoms with van der Waals surface area (Å²) in [5, 5.41) is -0.0533. The van der Waals surface area contributed by atoms with Crippen LogP contribution in [0, 0.1) is 13.8 Å². The van der Waals surface area contributed by atoms with Crippen LogP contribution in [-0.2, 0) is 23.5 Å². The number of hydrogen-bond acceptors (Lipinski definition) is 7. The van der Waals surface area contributed by atoms with E-state index in [0.29, 0.717) is 5.56 Å². The van der Waals surface area contributed by atoms with Gasteiger partial charge in [-0.1, -0.05) is 38.5 Å². The molecule has 0 radical (unpaired) electrons. The van der Waals surface area contributed by atoms with E-state index in [9.17, 15) is 18.0 Å². The first-order valence-electron chi connectivity index (χ1n) is 11.2. The standard InChI is InChI=1S/C23H34N2O7SSi/c1-15-8-10-17(11-9-15)33(28,29)32-18-12-20(25-13-16(2)21(26)24-22(25)27)31-19(18)14-30-34(6,7)23(3,4)5/h8-11,13,18-20H,12,14H2,1-7H3,(H,24,26,27)/t18-,19+,20+/m0/s1. The highest BCUT2D eigenvalue weighted by Gasteiger charge is 2.44. The van der Waals surface area contributed by atoms with E-state index in [4.69, 9.17) is 13.3 Å². The predicted octanol–water partition coefficient (Wildman–Crippen LogP) is 3.24. The van der Waals surface area contributed by atoms with E-state index >= 15 is 0 Å². The molecule has 9 nitrogen and oxygen atoms in total. The Morgan fingerprint density at radius 3 is 2.35 bits per heavy atom. The summed E-state index contributed by atoms with van der Waals surface area (Å²) in [5.41, 5.74) is 0.157. The van der Waals surface area contributed by atoms with Crippen molar-refractivity contribution in [1.82, 2.24) is 9.55 Å². The van der Waals surface area contributed by atoms with Gasteiger partial charge in [0.25, 0.3) is 15.7 Å². The molecule has 0 amide bonds. The van der Waals surface area contributed by atoms with Gasteiger partial charge in [0.15, 0.2) is 8.32 Å². The second-order valence-corrected chi connectivity index (χ2v) is 16.7. The summed E-state index contributed by atoms with van der Waals surface area (Å²) in [6.07, 6.45) is -0.899. The van der Waals surface area contributed by atoms with Gasteiger partial charge in [0.05, 0.1) is 11.5 Å². The quantitative estimate of drug-likeness (QED) is 0.449. The molecule has 2 heterocycles. The maximum absolute atomic E-state index is 13.0. The highest BCUT2D eigenvalue weighted by atomic mass is 32.2. The summed E-state index contributed by atoms with van der Waals surface area (Å²) >= 11 is 0. The third-order valence-electron chi connectivity index (χ3n) is 6.61. The van der Waals surface area contributed by atoms with Crippen LogP contribution in [-0.4, -0.2) is 45.1 Å². The molecule has 1 aliphatic rings. The van der Waals surface area contributed by atoms with Crippen molar-refractivity contribution in [2.45, 2.75) is 82.5 Å². The van der Waals surface area contributed by atoms with Crippen LogP contribution in [0.3, 0.4) is 0 Å². The number of H-pyrrole nitrogens is 1. The fourth-order valence-electron chi connectivity index (χ4n) is 3.35. The van der Waals surface area contributed by atoms with Gasteiger partial charge < -0.3 is 9.16 Å². The minimum atomic E-state index is -4.08. The zero-order valence-corrected chi connectivity index (χ0v) is 22.6. The Balaban J connectivity index is 1.90. The zero-order chi connectivity index (χ0) is 25.5. The summed E-state index contributed by atoms with van der Waals surface area (Å²) in [6, 6.07) is 6.39. The summed E-state index contributed by atoms with van der Waals surface area (Å²) in [6.45, 7) is 14.1. The molecule has 0 unspecified atom stereocenters.